The lowest BCUT2D eigenvalue weighted by Gasteiger charge is -2.20. The van der Waals surface area contributed by atoms with E-state index in [9.17, 15) is 4.79 Å². The number of anilines is 2. The standard InChI is InChI=1S/C18H18N4O2.C2H6/c1-11-8-9-13-12(10-11)16(21-18(19)20-13)17(23)22(2)14-6-4-5-7-15(14)24-3;1-2/h4-10H,1-3H3,(H2,19,20,21);1-2H3. The fraction of sp³-hybridized carbons (Fsp3) is 0.250. The number of aryl methyl sites for hydroxylation is 1. The first-order valence-electron chi connectivity index (χ1n) is 8.46. The lowest BCUT2D eigenvalue weighted by Crippen LogP contribution is -2.28. The Morgan fingerprint density at radius 3 is 2.50 bits per heavy atom. The van der Waals surface area contributed by atoms with E-state index < -0.39 is 0 Å². The highest BCUT2D eigenvalue weighted by molar-refractivity contribution is 6.12. The van der Waals surface area contributed by atoms with Crippen molar-refractivity contribution in [1.29, 1.82) is 0 Å². The number of benzene rings is 2. The van der Waals surface area contributed by atoms with Crippen LogP contribution < -0.4 is 15.4 Å². The van der Waals surface area contributed by atoms with Gasteiger partial charge in [0.05, 0.1) is 18.3 Å². The zero-order valence-corrected chi connectivity index (χ0v) is 15.8. The highest BCUT2D eigenvalue weighted by Gasteiger charge is 2.21. The summed E-state index contributed by atoms with van der Waals surface area (Å²) in [5.74, 6) is 0.406. The Labute approximate surface area is 153 Å². The average molecular weight is 352 g/mol. The Morgan fingerprint density at radius 1 is 1.12 bits per heavy atom. The lowest BCUT2D eigenvalue weighted by atomic mass is 10.1. The molecule has 0 aliphatic carbocycles. The summed E-state index contributed by atoms with van der Waals surface area (Å²) in [7, 11) is 3.25. The summed E-state index contributed by atoms with van der Waals surface area (Å²) in [5, 5.41) is 0.677. The van der Waals surface area contributed by atoms with Gasteiger partial charge in [-0.25, -0.2) is 9.97 Å². The van der Waals surface area contributed by atoms with Crippen LogP contribution in [0.25, 0.3) is 10.9 Å². The van der Waals surface area contributed by atoms with Crippen molar-refractivity contribution < 1.29 is 9.53 Å². The predicted molar refractivity (Wildman–Crippen MR) is 106 cm³/mol. The molecule has 0 aliphatic heterocycles. The van der Waals surface area contributed by atoms with Gasteiger partial charge < -0.3 is 15.4 Å². The zero-order valence-electron chi connectivity index (χ0n) is 15.8. The molecule has 3 rings (SSSR count). The molecule has 136 valence electrons. The molecule has 0 aliphatic rings. The number of ether oxygens (including phenoxy) is 1. The number of hydrogen-bond acceptors (Lipinski definition) is 5. The summed E-state index contributed by atoms with van der Waals surface area (Å²) in [6.07, 6.45) is 0. The number of hydrogen-bond donors (Lipinski definition) is 1. The van der Waals surface area contributed by atoms with Crippen molar-refractivity contribution in [2.75, 3.05) is 24.8 Å². The van der Waals surface area contributed by atoms with Crippen LogP contribution in [-0.2, 0) is 0 Å². The maximum atomic E-state index is 13.0. The third-order valence-electron chi connectivity index (χ3n) is 3.82. The largest absolute Gasteiger partial charge is 0.495 e. The van der Waals surface area contributed by atoms with E-state index in [1.54, 1.807) is 20.2 Å². The molecule has 0 atom stereocenters. The molecule has 0 bridgehead atoms. The van der Waals surface area contributed by atoms with Crippen LogP contribution in [0, 0.1) is 6.92 Å². The van der Waals surface area contributed by atoms with Gasteiger partial charge in [0.25, 0.3) is 5.91 Å². The number of nitrogens with two attached hydrogens (primary N) is 1. The highest BCUT2D eigenvalue weighted by atomic mass is 16.5. The SMILES string of the molecule is CC.COc1ccccc1N(C)C(=O)c1nc(N)nc2ccc(C)cc12. The van der Waals surface area contributed by atoms with Gasteiger partial charge in [-0.1, -0.05) is 37.6 Å². The monoisotopic (exact) mass is 352 g/mol. The minimum atomic E-state index is -0.274. The summed E-state index contributed by atoms with van der Waals surface area (Å²) in [4.78, 5) is 22.9. The minimum absolute atomic E-state index is 0.0723. The molecular formula is C20H24N4O2. The predicted octanol–water partition coefficient (Wildman–Crippen LogP) is 3.83. The average Bonchev–Trinajstić information content (AvgIpc) is 2.68. The number of fused-ring (bicyclic) bond motifs is 1. The first kappa shape index (κ1) is 19.2. The normalized spacial score (nSPS) is 10.0. The first-order valence-corrected chi connectivity index (χ1v) is 8.46. The first-order chi connectivity index (χ1) is 12.5. The van der Waals surface area contributed by atoms with Crippen molar-refractivity contribution in [2.24, 2.45) is 0 Å². The Balaban J connectivity index is 0.00000117. The molecule has 26 heavy (non-hydrogen) atoms. The number of rotatable bonds is 3. The maximum absolute atomic E-state index is 13.0. The van der Waals surface area contributed by atoms with Crippen LogP contribution in [0.2, 0.25) is 0 Å². The zero-order chi connectivity index (χ0) is 19.3. The Kier molecular flexibility index (Phi) is 6.11. The van der Waals surface area contributed by atoms with Gasteiger partial charge >= 0.3 is 0 Å². The van der Waals surface area contributed by atoms with Crippen molar-refractivity contribution in [2.45, 2.75) is 20.8 Å². The molecule has 3 aromatic rings. The van der Waals surface area contributed by atoms with E-state index in [0.29, 0.717) is 22.3 Å². The van der Waals surface area contributed by atoms with E-state index in [-0.39, 0.29) is 17.5 Å². The minimum Gasteiger partial charge on any atom is -0.495 e. The number of aromatic nitrogens is 2. The number of nitrogens with zero attached hydrogens (tertiary/aromatic N) is 3. The van der Waals surface area contributed by atoms with E-state index in [1.165, 1.54) is 4.90 Å². The van der Waals surface area contributed by atoms with E-state index >= 15 is 0 Å². The molecule has 0 radical (unpaired) electrons. The molecule has 2 N–H and O–H groups in total. The summed E-state index contributed by atoms with van der Waals surface area (Å²) in [5.41, 5.74) is 8.37. The second-order valence-electron chi connectivity index (χ2n) is 5.49. The van der Waals surface area contributed by atoms with Gasteiger partial charge in [-0.15, -0.1) is 0 Å². The Bertz CT molecular complexity index is 925. The summed E-state index contributed by atoms with van der Waals surface area (Å²) in [6.45, 7) is 5.95. The van der Waals surface area contributed by atoms with Crippen molar-refractivity contribution in [3.63, 3.8) is 0 Å². The van der Waals surface area contributed by atoms with Crippen LogP contribution in [0.1, 0.15) is 29.9 Å². The molecule has 0 saturated heterocycles. The van der Waals surface area contributed by atoms with Crippen molar-refractivity contribution in [1.82, 2.24) is 9.97 Å². The lowest BCUT2D eigenvalue weighted by molar-refractivity contribution is 0.0989. The second-order valence-corrected chi connectivity index (χ2v) is 5.49. The molecule has 1 heterocycles. The second kappa shape index (κ2) is 8.29. The van der Waals surface area contributed by atoms with Gasteiger partial charge in [0.2, 0.25) is 5.95 Å². The number of amides is 1. The van der Waals surface area contributed by atoms with E-state index in [0.717, 1.165) is 5.56 Å². The molecule has 1 amide bonds. The van der Waals surface area contributed by atoms with Crippen LogP contribution in [0.3, 0.4) is 0 Å². The van der Waals surface area contributed by atoms with E-state index in [4.69, 9.17) is 10.5 Å². The highest BCUT2D eigenvalue weighted by Crippen LogP contribution is 2.29. The smallest absolute Gasteiger partial charge is 0.277 e. The molecule has 2 aromatic carbocycles. The molecule has 0 unspecified atom stereocenters. The third-order valence-corrected chi connectivity index (χ3v) is 3.82. The van der Waals surface area contributed by atoms with Crippen LogP contribution in [0.5, 0.6) is 5.75 Å². The topological polar surface area (TPSA) is 81.3 Å². The number of nitrogen functional groups attached to an aromatic ring is 1. The van der Waals surface area contributed by atoms with E-state index in [2.05, 4.69) is 9.97 Å². The number of para-hydroxylation sites is 2. The maximum Gasteiger partial charge on any atom is 0.277 e. The number of carbonyl (C=O) groups excluding carboxylic acids is 1. The van der Waals surface area contributed by atoms with Crippen molar-refractivity contribution >= 4 is 28.4 Å². The Morgan fingerprint density at radius 2 is 1.81 bits per heavy atom. The van der Waals surface area contributed by atoms with E-state index in [1.807, 2.05) is 57.2 Å². The summed E-state index contributed by atoms with van der Waals surface area (Å²) >= 11 is 0. The molecule has 6 heteroatoms. The van der Waals surface area contributed by atoms with Gasteiger partial charge in [-0.05, 0) is 31.2 Å². The third kappa shape index (κ3) is 3.74. The molecule has 1 aromatic heterocycles. The van der Waals surface area contributed by atoms with Gasteiger partial charge in [0.1, 0.15) is 11.4 Å². The van der Waals surface area contributed by atoms with Crippen LogP contribution in [-0.4, -0.2) is 30.0 Å². The van der Waals surface area contributed by atoms with Crippen molar-refractivity contribution in [3.8, 4) is 5.75 Å². The Hall–Kier alpha value is -3.15. The molecule has 0 spiro atoms. The van der Waals surface area contributed by atoms with Crippen LogP contribution in [0.4, 0.5) is 11.6 Å². The molecule has 0 saturated carbocycles. The van der Waals surface area contributed by atoms with Gasteiger partial charge in [0.15, 0.2) is 0 Å². The summed E-state index contributed by atoms with van der Waals surface area (Å²) < 4.78 is 5.33. The fourth-order valence-corrected chi connectivity index (χ4v) is 2.60. The number of carbonyl (C=O) groups is 1. The van der Waals surface area contributed by atoms with Gasteiger partial charge in [-0.3, -0.25) is 4.79 Å². The van der Waals surface area contributed by atoms with Crippen LogP contribution in [0.15, 0.2) is 42.5 Å². The molecule has 0 fully saturated rings. The van der Waals surface area contributed by atoms with Crippen molar-refractivity contribution in [3.05, 3.63) is 53.7 Å². The quantitative estimate of drug-likeness (QED) is 0.775. The van der Waals surface area contributed by atoms with Gasteiger partial charge in [-0.2, -0.15) is 0 Å². The van der Waals surface area contributed by atoms with Crippen LogP contribution >= 0.6 is 0 Å². The molecular weight excluding hydrogens is 328 g/mol. The summed E-state index contributed by atoms with van der Waals surface area (Å²) in [6, 6.07) is 13.0. The number of methoxy groups -OCH3 is 1. The van der Waals surface area contributed by atoms with Gasteiger partial charge in [0, 0.05) is 12.4 Å². The fourth-order valence-electron chi connectivity index (χ4n) is 2.60. The molecule has 6 nitrogen and oxygen atoms in total.